The summed E-state index contributed by atoms with van der Waals surface area (Å²) in [6.45, 7) is 4.87. The Kier molecular flexibility index (Phi) is 7.69. The highest BCUT2D eigenvalue weighted by Gasteiger charge is 2.20. The van der Waals surface area contributed by atoms with Crippen LogP contribution in [0.5, 0.6) is 0 Å². The number of hydrogen-bond acceptors (Lipinski definition) is 5. The molecule has 4 rings (SSSR count). The number of rotatable bonds is 8. The first-order valence-electron chi connectivity index (χ1n) is 10.1. The van der Waals surface area contributed by atoms with Crippen molar-refractivity contribution < 1.29 is 4.79 Å². The normalized spacial score (nSPS) is 13.1. The summed E-state index contributed by atoms with van der Waals surface area (Å²) in [5, 5.41) is 9.67. The standard InChI is InChI=1S/C23H26N4OS.ClH/c1-3-21(28)18-10-11-19-15-27(16-20(19)14-18)12-7-13-29-23-25-24-22(26(23)2)17-8-5-4-6-9-17;/h4-6,8-11,14H,3,7,12-13,15-16H2,1-2H3;1H. The van der Waals surface area contributed by atoms with Gasteiger partial charge in [0.25, 0.3) is 0 Å². The molecule has 0 saturated heterocycles. The van der Waals surface area contributed by atoms with Gasteiger partial charge in [0.05, 0.1) is 0 Å². The second-order valence-corrected chi connectivity index (χ2v) is 8.47. The summed E-state index contributed by atoms with van der Waals surface area (Å²) in [7, 11) is 2.02. The molecule has 0 spiro atoms. The van der Waals surface area contributed by atoms with Gasteiger partial charge in [-0.3, -0.25) is 9.69 Å². The zero-order chi connectivity index (χ0) is 20.2. The van der Waals surface area contributed by atoms with Crippen LogP contribution in [-0.2, 0) is 20.1 Å². The third kappa shape index (κ3) is 4.94. The lowest BCUT2D eigenvalue weighted by atomic mass is 10.0. The van der Waals surface area contributed by atoms with Gasteiger partial charge in [-0.15, -0.1) is 22.6 Å². The largest absolute Gasteiger partial charge is 0.305 e. The maximum Gasteiger partial charge on any atom is 0.191 e. The van der Waals surface area contributed by atoms with Crippen molar-refractivity contribution in [3.63, 3.8) is 0 Å². The molecule has 0 unspecified atom stereocenters. The first kappa shape index (κ1) is 22.5. The van der Waals surface area contributed by atoms with Gasteiger partial charge in [0.1, 0.15) is 0 Å². The lowest BCUT2D eigenvalue weighted by Crippen LogP contribution is -2.18. The van der Waals surface area contributed by atoms with E-state index in [0.717, 1.165) is 53.9 Å². The molecule has 3 aromatic rings. The zero-order valence-corrected chi connectivity index (χ0v) is 19.0. The topological polar surface area (TPSA) is 51.0 Å². The van der Waals surface area contributed by atoms with Gasteiger partial charge in [-0.25, -0.2) is 0 Å². The van der Waals surface area contributed by atoms with Crippen LogP contribution in [0.15, 0.2) is 53.7 Å². The number of nitrogens with zero attached hydrogens (tertiary/aromatic N) is 4. The molecule has 158 valence electrons. The molecule has 0 bridgehead atoms. The van der Waals surface area contributed by atoms with Crippen molar-refractivity contribution in [2.45, 2.75) is 38.0 Å². The fraction of sp³-hybridized carbons (Fsp3) is 0.348. The number of fused-ring (bicyclic) bond motifs is 1. The first-order valence-corrected chi connectivity index (χ1v) is 11.1. The molecule has 0 saturated carbocycles. The van der Waals surface area contributed by atoms with Crippen LogP contribution in [0.2, 0.25) is 0 Å². The molecule has 2 heterocycles. The Morgan fingerprint density at radius 2 is 1.83 bits per heavy atom. The van der Waals surface area contributed by atoms with Gasteiger partial charge < -0.3 is 4.57 Å². The van der Waals surface area contributed by atoms with Gasteiger partial charge in [-0.2, -0.15) is 0 Å². The van der Waals surface area contributed by atoms with Crippen molar-refractivity contribution in [3.8, 4) is 11.4 Å². The van der Waals surface area contributed by atoms with E-state index < -0.39 is 0 Å². The second-order valence-electron chi connectivity index (χ2n) is 7.40. The zero-order valence-electron chi connectivity index (χ0n) is 17.4. The molecule has 0 radical (unpaired) electrons. The van der Waals surface area contributed by atoms with Gasteiger partial charge in [0.2, 0.25) is 0 Å². The van der Waals surface area contributed by atoms with E-state index in [1.54, 1.807) is 11.8 Å². The highest BCUT2D eigenvalue weighted by Crippen LogP contribution is 2.26. The van der Waals surface area contributed by atoms with Crippen LogP contribution in [0.1, 0.15) is 41.3 Å². The van der Waals surface area contributed by atoms with Crippen molar-refractivity contribution in [1.29, 1.82) is 0 Å². The average Bonchev–Trinajstić information content (AvgIpc) is 3.33. The summed E-state index contributed by atoms with van der Waals surface area (Å²) in [4.78, 5) is 14.4. The number of carbonyl (C=O) groups excluding carboxylic acids is 1. The summed E-state index contributed by atoms with van der Waals surface area (Å²) in [6, 6.07) is 16.3. The fourth-order valence-electron chi connectivity index (χ4n) is 3.73. The number of benzene rings is 2. The lowest BCUT2D eigenvalue weighted by molar-refractivity contribution is 0.0988. The molecule has 0 atom stereocenters. The molecule has 5 nitrogen and oxygen atoms in total. The van der Waals surface area contributed by atoms with E-state index in [2.05, 4.69) is 43.9 Å². The third-order valence-electron chi connectivity index (χ3n) is 5.35. The number of Topliss-reactive ketones (excluding diaryl/α,β-unsaturated/α-hetero) is 1. The molecule has 0 N–H and O–H groups in total. The monoisotopic (exact) mass is 442 g/mol. The van der Waals surface area contributed by atoms with E-state index in [1.807, 2.05) is 38.2 Å². The summed E-state index contributed by atoms with van der Waals surface area (Å²) in [5.41, 5.74) is 4.59. The summed E-state index contributed by atoms with van der Waals surface area (Å²) in [5.74, 6) is 2.13. The molecular weight excluding hydrogens is 416 g/mol. The minimum absolute atomic E-state index is 0. The van der Waals surface area contributed by atoms with Crippen LogP contribution in [0.25, 0.3) is 11.4 Å². The SMILES string of the molecule is CCC(=O)c1ccc2c(c1)CN(CCCSc1nnc(-c3ccccc3)n1C)C2.Cl. The Balaban J connectivity index is 0.00000256. The molecule has 30 heavy (non-hydrogen) atoms. The number of aromatic nitrogens is 3. The molecule has 7 heteroatoms. The Morgan fingerprint density at radius 3 is 2.60 bits per heavy atom. The predicted molar refractivity (Wildman–Crippen MR) is 124 cm³/mol. The van der Waals surface area contributed by atoms with Crippen LogP contribution >= 0.6 is 24.2 Å². The van der Waals surface area contributed by atoms with Gasteiger partial charge in [0, 0.05) is 43.4 Å². The Labute approximate surface area is 188 Å². The van der Waals surface area contributed by atoms with Crippen LogP contribution in [0.4, 0.5) is 0 Å². The average molecular weight is 443 g/mol. The highest BCUT2D eigenvalue weighted by molar-refractivity contribution is 7.99. The maximum absolute atomic E-state index is 11.9. The summed E-state index contributed by atoms with van der Waals surface area (Å²) < 4.78 is 2.07. The van der Waals surface area contributed by atoms with E-state index in [0.29, 0.717) is 6.42 Å². The van der Waals surface area contributed by atoms with Crippen molar-refractivity contribution in [2.24, 2.45) is 7.05 Å². The molecule has 0 fully saturated rings. The molecule has 1 aliphatic heterocycles. The smallest absolute Gasteiger partial charge is 0.191 e. The first-order chi connectivity index (χ1) is 14.2. The van der Waals surface area contributed by atoms with Gasteiger partial charge >= 0.3 is 0 Å². The summed E-state index contributed by atoms with van der Waals surface area (Å²) >= 11 is 1.76. The lowest BCUT2D eigenvalue weighted by Gasteiger charge is -2.14. The quantitative estimate of drug-likeness (QED) is 0.279. The Bertz CT molecular complexity index is 1010. The van der Waals surface area contributed by atoms with E-state index in [9.17, 15) is 4.79 Å². The molecule has 2 aromatic carbocycles. The van der Waals surface area contributed by atoms with Gasteiger partial charge in [-0.05, 0) is 30.2 Å². The van der Waals surface area contributed by atoms with Gasteiger partial charge in [-0.1, -0.05) is 61.2 Å². The Morgan fingerprint density at radius 1 is 1.07 bits per heavy atom. The maximum atomic E-state index is 11.9. The molecule has 1 aromatic heterocycles. The van der Waals surface area contributed by atoms with E-state index in [4.69, 9.17) is 0 Å². The minimum Gasteiger partial charge on any atom is -0.305 e. The molecule has 0 amide bonds. The van der Waals surface area contributed by atoms with Crippen molar-refractivity contribution in [3.05, 3.63) is 65.2 Å². The Hall–Kier alpha value is -2.15. The van der Waals surface area contributed by atoms with Crippen LogP contribution in [0.3, 0.4) is 0 Å². The number of thioether (sulfide) groups is 1. The van der Waals surface area contributed by atoms with Crippen molar-refractivity contribution >= 4 is 30.0 Å². The van der Waals surface area contributed by atoms with Crippen LogP contribution in [-0.4, -0.2) is 37.7 Å². The number of carbonyl (C=O) groups is 1. The van der Waals surface area contributed by atoms with Gasteiger partial charge in [0.15, 0.2) is 16.8 Å². The minimum atomic E-state index is 0. The van der Waals surface area contributed by atoms with Crippen molar-refractivity contribution in [2.75, 3.05) is 12.3 Å². The highest BCUT2D eigenvalue weighted by atomic mass is 35.5. The molecular formula is C23H27ClN4OS. The number of hydrogen-bond donors (Lipinski definition) is 0. The number of ketones is 1. The van der Waals surface area contributed by atoms with E-state index in [1.165, 1.54) is 11.1 Å². The van der Waals surface area contributed by atoms with E-state index >= 15 is 0 Å². The fourth-order valence-corrected chi connectivity index (χ4v) is 4.57. The predicted octanol–water partition coefficient (Wildman–Crippen LogP) is 4.99. The van der Waals surface area contributed by atoms with Crippen LogP contribution < -0.4 is 0 Å². The summed E-state index contributed by atoms with van der Waals surface area (Å²) in [6.07, 6.45) is 1.65. The van der Waals surface area contributed by atoms with E-state index in [-0.39, 0.29) is 18.2 Å². The number of halogens is 1. The molecule has 0 aliphatic carbocycles. The third-order valence-corrected chi connectivity index (χ3v) is 6.46. The molecule has 1 aliphatic rings. The van der Waals surface area contributed by atoms with Crippen molar-refractivity contribution in [1.82, 2.24) is 19.7 Å². The van der Waals surface area contributed by atoms with Crippen LogP contribution in [0, 0.1) is 0 Å². The second kappa shape index (κ2) is 10.2.